The Morgan fingerprint density at radius 1 is 1.36 bits per heavy atom. The number of nitrogens with one attached hydrogen (secondary N) is 1. The molecule has 1 aliphatic heterocycles. The van der Waals surface area contributed by atoms with E-state index in [-0.39, 0.29) is 23.5 Å². The molecule has 0 spiro atoms. The van der Waals surface area contributed by atoms with E-state index in [1.807, 2.05) is 12.1 Å². The van der Waals surface area contributed by atoms with Crippen molar-refractivity contribution in [2.45, 2.75) is 50.3 Å². The molecule has 0 saturated carbocycles. The summed E-state index contributed by atoms with van der Waals surface area (Å²) >= 11 is 2.87. The van der Waals surface area contributed by atoms with Crippen LogP contribution in [0.15, 0.2) is 23.4 Å². The average molecular weight is 522 g/mol. The molecule has 10 heteroatoms. The van der Waals surface area contributed by atoms with E-state index in [9.17, 15) is 14.9 Å². The van der Waals surface area contributed by atoms with Gasteiger partial charge in [0.15, 0.2) is 5.12 Å². The Balaban J connectivity index is 1.43. The van der Waals surface area contributed by atoms with Crippen LogP contribution < -0.4 is 10.1 Å². The van der Waals surface area contributed by atoms with Crippen molar-refractivity contribution >= 4 is 55.8 Å². The number of hydrogen-bond acceptors (Lipinski definition) is 9. The summed E-state index contributed by atoms with van der Waals surface area (Å²) in [4.78, 5) is 38.9. The lowest BCUT2D eigenvalue weighted by molar-refractivity contribution is -0.135. The third-order valence-corrected chi connectivity index (χ3v) is 8.88. The zero-order valence-electron chi connectivity index (χ0n) is 20.3. The first-order chi connectivity index (χ1) is 17.5. The van der Waals surface area contributed by atoms with Gasteiger partial charge in [-0.2, -0.15) is 5.26 Å². The van der Waals surface area contributed by atoms with Crippen LogP contribution in [0.1, 0.15) is 42.2 Å². The Kier molecular flexibility index (Phi) is 7.12. The number of carbonyl (C=O) groups excluding carboxylic acids is 2. The third kappa shape index (κ3) is 4.65. The molecule has 0 saturated heterocycles. The number of ether oxygens (including phenoxy) is 1. The summed E-state index contributed by atoms with van der Waals surface area (Å²) in [7, 11) is 1.62. The van der Waals surface area contributed by atoms with E-state index in [1.54, 1.807) is 29.7 Å². The summed E-state index contributed by atoms with van der Waals surface area (Å²) in [6, 6.07) is 6.01. The molecule has 8 nitrogen and oxygen atoms in total. The van der Waals surface area contributed by atoms with Crippen LogP contribution in [0.3, 0.4) is 0 Å². The number of hydrogen-bond donors (Lipinski definition) is 1. The average Bonchev–Trinajstić information content (AvgIpc) is 3.44. The fourth-order valence-corrected chi connectivity index (χ4v) is 7.10. The number of carbonyl (C=O) groups is 2. The van der Waals surface area contributed by atoms with Gasteiger partial charge in [0.2, 0.25) is 5.91 Å². The molecular weight excluding hydrogens is 494 g/mol. The predicted molar refractivity (Wildman–Crippen MR) is 141 cm³/mol. The maximum absolute atomic E-state index is 13.2. The van der Waals surface area contributed by atoms with Crippen molar-refractivity contribution < 1.29 is 14.3 Å². The molecule has 2 aliphatic rings. The van der Waals surface area contributed by atoms with Gasteiger partial charge in [0.05, 0.1) is 24.3 Å². The Morgan fingerprint density at radius 3 is 3.00 bits per heavy atom. The molecule has 0 bridgehead atoms. The fraction of sp³-hybridized carbons (Fsp3) is 0.423. The van der Waals surface area contributed by atoms with Gasteiger partial charge in [-0.3, -0.25) is 9.59 Å². The standard InChI is InChI=1S/C26H27N5O3S2/c1-3-4-8-31(9-7-27)26(33)15-5-6-17-21(11-15)36-25-23(17)24(28-14-29-25)30-18-13-20-16(10-19(18)34-2)12-22(32)35-20/h10,13-15H,3-6,8-9,11-12H2,1-2H3,(H,28,29,30). The van der Waals surface area contributed by atoms with Gasteiger partial charge < -0.3 is 15.0 Å². The summed E-state index contributed by atoms with van der Waals surface area (Å²) < 4.78 is 5.61. The van der Waals surface area contributed by atoms with Crippen molar-refractivity contribution in [2.24, 2.45) is 5.92 Å². The highest BCUT2D eigenvalue weighted by Gasteiger charge is 2.32. The molecule has 1 N–H and O–H groups in total. The van der Waals surface area contributed by atoms with E-state index in [4.69, 9.17) is 4.74 Å². The molecule has 0 fully saturated rings. The van der Waals surface area contributed by atoms with Crippen molar-refractivity contribution in [1.29, 1.82) is 5.26 Å². The van der Waals surface area contributed by atoms with Gasteiger partial charge in [0.1, 0.15) is 29.3 Å². The fourth-order valence-electron chi connectivity index (χ4n) is 4.92. The normalized spacial score (nSPS) is 16.4. The lowest BCUT2D eigenvalue weighted by Crippen LogP contribution is -2.39. The van der Waals surface area contributed by atoms with E-state index in [0.717, 1.165) is 56.9 Å². The Hall–Kier alpha value is -3.16. The molecule has 1 unspecified atom stereocenters. The highest BCUT2D eigenvalue weighted by Crippen LogP contribution is 2.43. The van der Waals surface area contributed by atoms with Gasteiger partial charge in [-0.15, -0.1) is 11.3 Å². The van der Waals surface area contributed by atoms with E-state index >= 15 is 0 Å². The third-order valence-electron chi connectivity index (χ3n) is 6.74. The first kappa shape index (κ1) is 24.5. The molecule has 186 valence electrons. The molecule has 2 aromatic heterocycles. The molecule has 1 amide bonds. The van der Waals surface area contributed by atoms with E-state index < -0.39 is 0 Å². The molecule has 3 heterocycles. The number of aromatic nitrogens is 2. The van der Waals surface area contributed by atoms with Crippen LogP contribution in [-0.4, -0.2) is 46.1 Å². The summed E-state index contributed by atoms with van der Waals surface area (Å²) in [5.41, 5.74) is 2.92. The zero-order valence-corrected chi connectivity index (χ0v) is 21.9. The van der Waals surface area contributed by atoms with Crippen LogP contribution in [0.4, 0.5) is 11.5 Å². The van der Waals surface area contributed by atoms with Crippen molar-refractivity contribution in [3.63, 3.8) is 0 Å². The second-order valence-corrected chi connectivity index (χ2v) is 11.2. The largest absolute Gasteiger partial charge is 0.495 e. The van der Waals surface area contributed by atoms with Gasteiger partial charge >= 0.3 is 0 Å². The smallest absolute Gasteiger partial charge is 0.226 e. The van der Waals surface area contributed by atoms with Gasteiger partial charge in [-0.05, 0) is 48.9 Å². The van der Waals surface area contributed by atoms with Gasteiger partial charge in [0, 0.05) is 28.7 Å². The topological polar surface area (TPSA) is 108 Å². The number of nitrogens with zero attached hydrogens (tertiary/aromatic N) is 4. The number of nitriles is 1. The maximum Gasteiger partial charge on any atom is 0.226 e. The van der Waals surface area contributed by atoms with Crippen LogP contribution in [0, 0.1) is 17.2 Å². The molecule has 5 rings (SSSR count). The number of anilines is 2. The maximum atomic E-state index is 13.2. The number of fused-ring (bicyclic) bond motifs is 4. The molecule has 0 radical (unpaired) electrons. The monoisotopic (exact) mass is 521 g/mol. The molecular formula is C26H27N5O3S2. The number of aryl methyl sites for hydroxylation is 1. The molecule has 1 aliphatic carbocycles. The first-order valence-electron chi connectivity index (χ1n) is 12.1. The van der Waals surface area contributed by atoms with Crippen molar-refractivity contribution in [3.8, 4) is 11.8 Å². The SMILES string of the molecule is CCCCN(CC#N)C(=O)C1CCc2c(sc3ncnc(Nc4cc5c(cc4OC)CC(=O)S5)c23)C1. The number of rotatable bonds is 8. The quantitative estimate of drug-likeness (QED) is 0.418. The lowest BCUT2D eigenvalue weighted by atomic mass is 9.86. The van der Waals surface area contributed by atoms with Crippen molar-refractivity contribution in [3.05, 3.63) is 34.5 Å². The number of amides is 1. The number of thiophene rings is 1. The minimum absolute atomic E-state index is 0.0764. The van der Waals surface area contributed by atoms with Crippen LogP contribution >= 0.6 is 23.1 Å². The summed E-state index contributed by atoms with van der Waals surface area (Å²) in [6.45, 7) is 2.86. The number of thioether (sulfide) groups is 1. The predicted octanol–water partition coefficient (Wildman–Crippen LogP) is 4.88. The molecule has 1 aromatic carbocycles. The summed E-state index contributed by atoms with van der Waals surface area (Å²) in [5, 5.41) is 13.7. The number of benzene rings is 1. The van der Waals surface area contributed by atoms with Crippen molar-refractivity contribution in [1.82, 2.24) is 14.9 Å². The van der Waals surface area contributed by atoms with Gasteiger partial charge in [-0.1, -0.05) is 25.1 Å². The first-order valence-corrected chi connectivity index (χ1v) is 13.7. The number of unbranched alkanes of at least 4 members (excludes halogenated alkanes) is 1. The van der Waals surface area contributed by atoms with Crippen molar-refractivity contribution in [2.75, 3.05) is 25.5 Å². The Labute approximate surface area is 218 Å². The van der Waals surface area contributed by atoms with E-state index in [1.165, 1.54) is 17.3 Å². The minimum Gasteiger partial charge on any atom is -0.495 e. The summed E-state index contributed by atoms with van der Waals surface area (Å²) in [5.74, 6) is 1.32. The van der Waals surface area contributed by atoms with Gasteiger partial charge in [-0.25, -0.2) is 9.97 Å². The molecule has 36 heavy (non-hydrogen) atoms. The summed E-state index contributed by atoms with van der Waals surface area (Å²) in [6.07, 6.45) is 6.00. The zero-order chi connectivity index (χ0) is 25.2. The Morgan fingerprint density at radius 2 is 2.22 bits per heavy atom. The van der Waals surface area contributed by atoms with Crippen LogP contribution in [0.2, 0.25) is 0 Å². The minimum atomic E-state index is -0.119. The second kappa shape index (κ2) is 10.4. The van der Waals surface area contributed by atoms with E-state index in [0.29, 0.717) is 31.0 Å². The van der Waals surface area contributed by atoms with E-state index in [2.05, 4.69) is 28.3 Å². The lowest BCUT2D eigenvalue weighted by Gasteiger charge is -2.28. The van der Waals surface area contributed by atoms with Crippen LogP contribution in [0.25, 0.3) is 10.2 Å². The van der Waals surface area contributed by atoms with Crippen LogP contribution in [-0.2, 0) is 28.9 Å². The second-order valence-electron chi connectivity index (χ2n) is 9.05. The van der Waals surface area contributed by atoms with Crippen LogP contribution in [0.5, 0.6) is 5.75 Å². The highest BCUT2D eigenvalue weighted by molar-refractivity contribution is 8.14. The number of methoxy groups -OCH3 is 1. The Bertz CT molecular complexity index is 1380. The molecule has 3 aromatic rings. The van der Waals surface area contributed by atoms with Gasteiger partial charge in [0.25, 0.3) is 0 Å². The molecule has 1 atom stereocenters. The highest BCUT2D eigenvalue weighted by atomic mass is 32.2.